The Balaban J connectivity index is 1.63. The minimum absolute atomic E-state index is 0.0868. The Morgan fingerprint density at radius 2 is 1.96 bits per heavy atom. The third kappa shape index (κ3) is 4.65. The second kappa shape index (κ2) is 7.93. The van der Waals surface area contributed by atoms with E-state index in [1.165, 1.54) is 11.8 Å². The fraction of sp³-hybridized carbons (Fsp3) is 0.211. The summed E-state index contributed by atoms with van der Waals surface area (Å²) in [6.07, 6.45) is 0.0868. The lowest BCUT2D eigenvalue weighted by Crippen LogP contribution is -2.28. The Hall–Kier alpha value is -2.31. The van der Waals surface area contributed by atoms with Gasteiger partial charge in [0.15, 0.2) is 5.17 Å². The van der Waals surface area contributed by atoms with Gasteiger partial charge in [-0.1, -0.05) is 35.5 Å². The molecule has 1 saturated heterocycles. The maximum atomic E-state index is 12.3. The molecule has 0 saturated carbocycles. The van der Waals surface area contributed by atoms with Crippen molar-refractivity contribution < 1.29 is 9.59 Å². The molecule has 2 N–H and O–H groups in total. The topological polar surface area (TPSA) is 70.6 Å². The maximum Gasteiger partial charge on any atom is 0.240 e. The quantitative estimate of drug-likeness (QED) is 0.825. The van der Waals surface area contributed by atoms with E-state index in [1.807, 2.05) is 32.0 Å². The van der Waals surface area contributed by atoms with Gasteiger partial charge in [0.2, 0.25) is 11.8 Å². The van der Waals surface area contributed by atoms with Crippen LogP contribution in [0.4, 0.5) is 11.4 Å². The third-order valence-corrected chi connectivity index (χ3v) is 5.21. The molecule has 7 heteroatoms. The van der Waals surface area contributed by atoms with Crippen LogP contribution in [0.25, 0.3) is 0 Å². The molecular formula is C19H18ClN3O2S. The summed E-state index contributed by atoms with van der Waals surface area (Å²) in [4.78, 5) is 28.8. The highest BCUT2D eigenvalue weighted by Gasteiger charge is 2.32. The van der Waals surface area contributed by atoms with Crippen LogP contribution in [0.5, 0.6) is 0 Å². The zero-order chi connectivity index (χ0) is 18.7. The van der Waals surface area contributed by atoms with Gasteiger partial charge < -0.3 is 10.6 Å². The molecule has 2 amide bonds. The van der Waals surface area contributed by atoms with E-state index < -0.39 is 5.25 Å². The van der Waals surface area contributed by atoms with Crippen molar-refractivity contribution in [3.05, 3.63) is 58.6 Å². The van der Waals surface area contributed by atoms with Crippen molar-refractivity contribution in [3.8, 4) is 0 Å². The summed E-state index contributed by atoms with van der Waals surface area (Å²) in [5, 5.41) is 6.22. The Bertz CT molecular complexity index is 881. The predicted octanol–water partition coefficient (Wildman–Crippen LogP) is 4.20. The average Bonchev–Trinajstić information content (AvgIpc) is 2.92. The molecule has 5 nitrogen and oxygen atoms in total. The minimum Gasteiger partial charge on any atom is -0.326 e. The highest BCUT2D eigenvalue weighted by Crippen LogP contribution is 2.26. The second-order valence-electron chi connectivity index (χ2n) is 6.06. The molecular weight excluding hydrogens is 370 g/mol. The minimum atomic E-state index is -0.494. The van der Waals surface area contributed by atoms with E-state index in [2.05, 4.69) is 15.6 Å². The molecule has 2 aromatic carbocycles. The van der Waals surface area contributed by atoms with Gasteiger partial charge >= 0.3 is 0 Å². The molecule has 0 aromatic heterocycles. The van der Waals surface area contributed by atoms with Gasteiger partial charge in [-0.25, -0.2) is 4.99 Å². The van der Waals surface area contributed by atoms with Crippen LogP contribution >= 0.6 is 23.4 Å². The summed E-state index contributed by atoms with van der Waals surface area (Å²) in [6, 6.07) is 12.9. The number of hydrogen-bond acceptors (Lipinski definition) is 4. The van der Waals surface area contributed by atoms with Crippen LogP contribution in [-0.2, 0) is 9.59 Å². The molecule has 1 heterocycles. The number of aliphatic imine (C=N–C) groups is 1. The van der Waals surface area contributed by atoms with Gasteiger partial charge in [0, 0.05) is 17.1 Å². The predicted molar refractivity (Wildman–Crippen MR) is 107 cm³/mol. The van der Waals surface area contributed by atoms with Crippen LogP contribution in [0.15, 0.2) is 47.5 Å². The molecule has 0 radical (unpaired) electrons. The first-order chi connectivity index (χ1) is 12.4. The van der Waals surface area contributed by atoms with Crippen molar-refractivity contribution in [3.63, 3.8) is 0 Å². The summed E-state index contributed by atoms with van der Waals surface area (Å²) in [5.74, 6) is -0.405. The monoisotopic (exact) mass is 387 g/mol. The first-order valence-electron chi connectivity index (χ1n) is 8.09. The standard InChI is InChI=1S/C19H18ClN3O2S/c1-11-3-4-12(2)15(9-11)22-17(24)10-16-18(25)23-19(26-16)21-14-7-5-13(20)6-8-14/h3-9,16H,10H2,1-2H3,(H,22,24)(H,21,23,25). The summed E-state index contributed by atoms with van der Waals surface area (Å²) >= 11 is 7.11. The van der Waals surface area contributed by atoms with Crippen LogP contribution in [0, 0.1) is 13.8 Å². The van der Waals surface area contributed by atoms with Crippen molar-refractivity contribution >= 4 is 51.7 Å². The lowest BCUT2D eigenvalue weighted by molar-refractivity contribution is -0.122. The highest BCUT2D eigenvalue weighted by atomic mass is 35.5. The molecule has 0 spiro atoms. The number of nitrogens with zero attached hydrogens (tertiary/aromatic N) is 1. The van der Waals surface area contributed by atoms with Gasteiger partial charge in [-0.3, -0.25) is 9.59 Å². The molecule has 2 aromatic rings. The zero-order valence-corrected chi connectivity index (χ0v) is 15.9. The van der Waals surface area contributed by atoms with Crippen LogP contribution in [0.1, 0.15) is 17.5 Å². The van der Waals surface area contributed by atoms with E-state index >= 15 is 0 Å². The number of rotatable bonds is 4. The number of amides is 2. The number of thioether (sulfide) groups is 1. The number of carbonyl (C=O) groups excluding carboxylic acids is 2. The van der Waals surface area contributed by atoms with Gasteiger partial charge in [0.05, 0.1) is 5.69 Å². The lowest BCUT2D eigenvalue weighted by atomic mass is 10.1. The van der Waals surface area contributed by atoms with Crippen LogP contribution < -0.4 is 10.6 Å². The van der Waals surface area contributed by atoms with E-state index in [0.29, 0.717) is 15.9 Å². The number of carbonyl (C=O) groups is 2. The zero-order valence-electron chi connectivity index (χ0n) is 14.4. The molecule has 26 heavy (non-hydrogen) atoms. The molecule has 1 fully saturated rings. The Morgan fingerprint density at radius 3 is 2.69 bits per heavy atom. The first kappa shape index (κ1) is 18.5. The van der Waals surface area contributed by atoms with E-state index in [4.69, 9.17) is 11.6 Å². The summed E-state index contributed by atoms with van der Waals surface area (Å²) in [5.41, 5.74) is 3.51. The smallest absolute Gasteiger partial charge is 0.240 e. The van der Waals surface area contributed by atoms with Gasteiger partial charge in [-0.15, -0.1) is 0 Å². The van der Waals surface area contributed by atoms with Crippen LogP contribution in [-0.4, -0.2) is 22.2 Å². The molecule has 0 aliphatic carbocycles. The van der Waals surface area contributed by atoms with Gasteiger partial charge in [-0.05, 0) is 55.3 Å². The van der Waals surface area contributed by atoms with E-state index in [-0.39, 0.29) is 18.2 Å². The van der Waals surface area contributed by atoms with Gasteiger partial charge in [0.1, 0.15) is 5.25 Å². The number of nitrogens with one attached hydrogen (secondary N) is 2. The number of amidine groups is 1. The largest absolute Gasteiger partial charge is 0.326 e. The first-order valence-corrected chi connectivity index (χ1v) is 9.35. The lowest BCUT2D eigenvalue weighted by Gasteiger charge is -2.10. The fourth-order valence-corrected chi connectivity index (χ4v) is 3.58. The number of aryl methyl sites for hydroxylation is 2. The molecule has 3 rings (SSSR count). The van der Waals surface area contributed by atoms with Crippen molar-refractivity contribution in [2.75, 3.05) is 5.32 Å². The Kier molecular flexibility index (Phi) is 5.64. The van der Waals surface area contributed by atoms with Crippen molar-refractivity contribution in [2.45, 2.75) is 25.5 Å². The molecule has 1 atom stereocenters. The van der Waals surface area contributed by atoms with Crippen molar-refractivity contribution in [1.29, 1.82) is 0 Å². The molecule has 134 valence electrons. The van der Waals surface area contributed by atoms with Crippen molar-refractivity contribution in [2.24, 2.45) is 4.99 Å². The summed E-state index contributed by atoms with van der Waals surface area (Å²) in [6.45, 7) is 3.90. The Morgan fingerprint density at radius 1 is 1.23 bits per heavy atom. The number of anilines is 1. The van der Waals surface area contributed by atoms with E-state index in [0.717, 1.165) is 16.8 Å². The molecule has 0 bridgehead atoms. The van der Waals surface area contributed by atoms with E-state index in [9.17, 15) is 9.59 Å². The number of halogens is 1. The summed E-state index contributed by atoms with van der Waals surface area (Å²) < 4.78 is 0. The number of hydrogen-bond donors (Lipinski definition) is 2. The van der Waals surface area contributed by atoms with E-state index in [1.54, 1.807) is 24.3 Å². The average molecular weight is 388 g/mol. The second-order valence-corrected chi connectivity index (χ2v) is 7.69. The highest BCUT2D eigenvalue weighted by molar-refractivity contribution is 8.15. The molecule has 1 aliphatic heterocycles. The van der Waals surface area contributed by atoms with Gasteiger partial charge in [-0.2, -0.15) is 0 Å². The molecule has 1 unspecified atom stereocenters. The summed E-state index contributed by atoms with van der Waals surface area (Å²) in [7, 11) is 0. The number of benzene rings is 2. The maximum absolute atomic E-state index is 12.3. The SMILES string of the molecule is Cc1ccc(C)c(NC(=O)CC2SC(=Nc3ccc(Cl)cc3)NC2=O)c1. The van der Waals surface area contributed by atoms with Crippen LogP contribution in [0.2, 0.25) is 5.02 Å². The van der Waals surface area contributed by atoms with Crippen molar-refractivity contribution in [1.82, 2.24) is 5.32 Å². The normalized spacial score (nSPS) is 18.0. The molecule has 1 aliphatic rings. The van der Waals surface area contributed by atoms with Crippen LogP contribution in [0.3, 0.4) is 0 Å². The Labute approximate surface area is 161 Å². The fourth-order valence-electron chi connectivity index (χ4n) is 2.47. The third-order valence-electron chi connectivity index (χ3n) is 3.87. The van der Waals surface area contributed by atoms with Gasteiger partial charge in [0.25, 0.3) is 0 Å².